The first kappa shape index (κ1) is 17.9. The van der Waals surface area contributed by atoms with Crippen LogP contribution in [0.3, 0.4) is 0 Å². The highest BCUT2D eigenvalue weighted by Crippen LogP contribution is 2.42. The van der Waals surface area contributed by atoms with E-state index in [1.165, 1.54) is 37.7 Å². The second-order valence-electron chi connectivity index (χ2n) is 7.01. The fourth-order valence-electron chi connectivity index (χ4n) is 3.62. The minimum atomic E-state index is -0.273. The van der Waals surface area contributed by atoms with Crippen molar-refractivity contribution in [3.05, 3.63) is 29.8 Å². The van der Waals surface area contributed by atoms with Gasteiger partial charge in [-0.1, -0.05) is 51.7 Å². The van der Waals surface area contributed by atoms with Gasteiger partial charge in [0.1, 0.15) is 5.75 Å². The number of benzene rings is 1. The van der Waals surface area contributed by atoms with Crippen LogP contribution >= 0.6 is 0 Å². The van der Waals surface area contributed by atoms with Gasteiger partial charge in [0.15, 0.2) is 0 Å². The standard InChI is InChI=1S/C21H31NO/c1-3-5-7-18-12-14-21(17-22,15-13-18)19-8-10-20(11-9-19)23-16-6-4-2/h8-11,18H,3-7,12-16H2,1-2H3/t18-,21+. The van der Waals surface area contributed by atoms with E-state index in [-0.39, 0.29) is 5.41 Å². The first-order valence-corrected chi connectivity index (χ1v) is 9.38. The summed E-state index contributed by atoms with van der Waals surface area (Å²) in [6.45, 7) is 5.20. The van der Waals surface area contributed by atoms with Gasteiger partial charge in [-0.25, -0.2) is 0 Å². The van der Waals surface area contributed by atoms with E-state index in [0.717, 1.165) is 44.0 Å². The highest BCUT2D eigenvalue weighted by molar-refractivity contribution is 5.37. The number of unbranched alkanes of at least 4 members (excludes halogenated alkanes) is 2. The van der Waals surface area contributed by atoms with Gasteiger partial charge in [0.25, 0.3) is 0 Å². The minimum absolute atomic E-state index is 0.273. The Morgan fingerprint density at radius 3 is 2.30 bits per heavy atom. The zero-order chi connectivity index (χ0) is 16.5. The zero-order valence-corrected chi connectivity index (χ0v) is 14.8. The molecule has 0 radical (unpaired) electrons. The number of rotatable bonds is 8. The Labute approximate surface area is 141 Å². The minimum Gasteiger partial charge on any atom is -0.494 e. The smallest absolute Gasteiger partial charge is 0.119 e. The Morgan fingerprint density at radius 2 is 1.74 bits per heavy atom. The Bertz CT molecular complexity index is 492. The molecule has 0 atom stereocenters. The highest BCUT2D eigenvalue weighted by Gasteiger charge is 2.36. The van der Waals surface area contributed by atoms with E-state index in [2.05, 4.69) is 32.0 Å². The van der Waals surface area contributed by atoms with E-state index in [1.54, 1.807) is 0 Å². The molecule has 126 valence electrons. The SMILES string of the molecule is CCCCOc1ccc([C@]2(C#N)CC[C@H](CCCC)CC2)cc1. The van der Waals surface area contributed by atoms with Gasteiger partial charge in [-0.15, -0.1) is 0 Å². The number of ether oxygens (including phenoxy) is 1. The van der Waals surface area contributed by atoms with Gasteiger partial charge < -0.3 is 4.74 Å². The second kappa shape index (κ2) is 8.96. The molecule has 0 unspecified atom stereocenters. The lowest BCUT2D eigenvalue weighted by atomic mass is 9.67. The largest absolute Gasteiger partial charge is 0.494 e. The van der Waals surface area contributed by atoms with Gasteiger partial charge in [-0.2, -0.15) is 5.26 Å². The summed E-state index contributed by atoms with van der Waals surface area (Å²) in [7, 11) is 0. The van der Waals surface area contributed by atoms with E-state index in [9.17, 15) is 5.26 Å². The van der Waals surface area contributed by atoms with Crippen LogP contribution in [0.5, 0.6) is 5.75 Å². The van der Waals surface area contributed by atoms with Crippen LogP contribution in [0.2, 0.25) is 0 Å². The molecule has 1 aromatic carbocycles. The number of nitriles is 1. The lowest BCUT2D eigenvalue weighted by Crippen LogP contribution is -2.30. The molecule has 0 saturated heterocycles. The van der Waals surface area contributed by atoms with Crippen molar-refractivity contribution in [2.24, 2.45) is 5.92 Å². The van der Waals surface area contributed by atoms with Gasteiger partial charge >= 0.3 is 0 Å². The zero-order valence-electron chi connectivity index (χ0n) is 14.8. The Hall–Kier alpha value is -1.49. The van der Waals surface area contributed by atoms with E-state index in [0.29, 0.717) is 0 Å². The predicted molar refractivity (Wildman–Crippen MR) is 95.6 cm³/mol. The Kier molecular flexibility index (Phi) is 6.96. The molecule has 1 aromatic rings. The monoisotopic (exact) mass is 313 g/mol. The number of hydrogen-bond donors (Lipinski definition) is 0. The number of nitrogens with zero attached hydrogens (tertiary/aromatic N) is 1. The van der Waals surface area contributed by atoms with Crippen molar-refractivity contribution < 1.29 is 4.74 Å². The summed E-state index contributed by atoms with van der Waals surface area (Å²) < 4.78 is 5.73. The van der Waals surface area contributed by atoms with Crippen LogP contribution in [0.1, 0.15) is 77.2 Å². The fraction of sp³-hybridized carbons (Fsp3) is 0.667. The van der Waals surface area contributed by atoms with Crippen molar-refractivity contribution >= 4 is 0 Å². The summed E-state index contributed by atoms with van der Waals surface area (Å²) in [5.74, 6) is 1.75. The molecule has 2 rings (SSSR count). The lowest BCUT2D eigenvalue weighted by molar-refractivity contribution is 0.262. The Balaban J connectivity index is 1.97. The number of hydrogen-bond acceptors (Lipinski definition) is 2. The molecule has 0 amide bonds. The maximum atomic E-state index is 9.82. The molecule has 0 bridgehead atoms. The summed E-state index contributed by atoms with van der Waals surface area (Å²) in [6.07, 6.45) is 10.6. The summed E-state index contributed by atoms with van der Waals surface area (Å²) >= 11 is 0. The highest BCUT2D eigenvalue weighted by atomic mass is 16.5. The van der Waals surface area contributed by atoms with Crippen LogP contribution in [0, 0.1) is 17.2 Å². The van der Waals surface area contributed by atoms with Crippen molar-refractivity contribution in [1.82, 2.24) is 0 Å². The van der Waals surface area contributed by atoms with Gasteiger partial charge in [-0.05, 0) is 55.7 Å². The molecule has 1 aliphatic carbocycles. The molecular weight excluding hydrogens is 282 g/mol. The first-order chi connectivity index (χ1) is 11.2. The summed E-state index contributed by atoms with van der Waals surface area (Å²) in [5.41, 5.74) is 0.904. The molecule has 1 saturated carbocycles. The third kappa shape index (κ3) is 4.74. The topological polar surface area (TPSA) is 33.0 Å². The van der Waals surface area contributed by atoms with E-state index < -0.39 is 0 Å². The molecule has 1 fully saturated rings. The van der Waals surface area contributed by atoms with Crippen LogP contribution in [0.15, 0.2) is 24.3 Å². The predicted octanol–water partition coefficient (Wildman–Crippen LogP) is 6.01. The van der Waals surface area contributed by atoms with Crippen LogP contribution in [0.4, 0.5) is 0 Å². The molecule has 2 nitrogen and oxygen atoms in total. The van der Waals surface area contributed by atoms with Crippen molar-refractivity contribution in [2.75, 3.05) is 6.61 Å². The molecule has 0 aromatic heterocycles. The van der Waals surface area contributed by atoms with Gasteiger partial charge in [-0.3, -0.25) is 0 Å². The molecule has 0 heterocycles. The summed E-state index contributed by atoms with van der Waals surface area (Å²) in [5, 5.41) is 9.82. The molecule has 1 aliphatic rings. The van der Waals surface area contributed by atoms with E-state index in [1.807, 2.05) is 12.1 Å². The van der Waals surface area contributed by atoms with Crippen LogP contribution < -0.4 is 4.74 Å². The quantitative estimate of drug-likeness (QED) is 0.551. The van der Waals surface area contributed by atoms with Crippen LogP contribution in [-0.4, -0.2) is 6.61 Å². The third-order valence-corrected chi connectivity index (χ3v) is 5.31. The van der Waals surface area contributed by atoms with Crippen molar-refractivity contribution in [2.45, 2.75) is 77.0 Å². The summed E-state index contributed by atoms with van der Waals surface area (Å²) in [4.78, 5) is 0. The molecule has 0 N–H and O–H groups in total. The Morgan fingerprint density at radius 1 is 1.09 bits per heavy atom. The van der Waals surface area contributed by atoms with Crippen molar-refractivity contribution in [1.29, 1.82) is 5.26 Å². The molecule has 2 heteroatoms. The normalized spacial score (nSPS) is 24.1. The molecule has 23 heavy (non-hydrogen) atoms. The van der Waals surface area contributed by atoms with Gasteiger partial charge in [0, 0.05) is 0 Å². The van der Waals surface area contributed by atoms with Gasteiger partial charge in [0.2, 0.25) is 0 Å². The van der Waals surface area contributed by atoms with E-state index >= 15 is 0 Å². The van der Waals surface area contributed by atoms with Crippen molar-refractivity contribution in [3.8, 4) is 11.8 Å². The van der Waals surface area contributed by atoms with Crippen LogP contribution in [0.25, 0.3) is 0 Å². The summed E-state index contributed by atoms with van der Waals surface area (Å²) in [6, 6.07) is 10.9. The molecule has 0 aliphatic heterocycles. The van der Waals surface area contributed by atoms with Gasteiger partial charge in [0.05, 0.1) is 18.1 Å². The van der Waals surface area contributed by atoms with Crippen LogP contribution in [-0.2, 0) is 5.41 Å². The first-order valence-electron chi connectivity index (χ1n) is 9.38. The van der Waals surface area contributed by atoms with Crippen molar-refractivity contribution in [3.63, 3.8) is 0 Å². The third-order valence-electron chi connectivity index (χ3n) is 5.31. The fourth-order valence-corrected chi connectivity index (χ4v) is 3.62. The maximum absolute atomic E-state index is 9.82. The lowest BCUT2D eigenvalue weighted by Gasteiger charge is -2.35. The average Bonchev–Trinajstić information content (AvgIpc) is 2.61. The second-order valence-corrected chi connectivity index (χ2v) is 7.01. The van der Waals surface area contributed by atoms with E-state index in [4.69, 9.17) is 4.74 Å². The molecular formula is C21H31NO. The average molecular weight is 313 g/mol. The molecule has 0 spiro atoms. The maximum Gasteiger partial charge on any atom is 0.119 e.